The van der Waals surface area contributed by atoms with Gasteiger partial charge in [0.15, 0.2) is 0 Å². The van der Waals surface area contributed by atoms with Crippen molar-refractivity contribution >= 4 is 11.7 Å². The molecule has 5 nitrogen and oxygen atoms in total. The van der Waals surface area contributed by atoms with Crippen molar-refractivity contribution in [1.82, 2.24) is 0 Å². The molecule has 0 amide bonds. The van der Waals surface area contributed by atoms with Crippen LogP contribution in [0.4, 0.5) is 5.69 Å². The van der Waals surface area contributed by atoms with E-state index in [0.717, 1.165) is 11.1 Å². The number of carbonyl (C=O) groups excluding carboxylic acids is 1. The zero-order valence-corrected chi connectivity index (χ0v) is 10.9. The first-order chi connectivity index (χ1) is 9.58. The average molecular weight is 271 g/mol. The lowest BCUT2D eigenvalue weighted by molar-refractivity contribution is -0.385. The van der Waals surface area contributed by atoms with Crippen molar-refractivity contribution in [2.24, 2.45) is 0 Å². The summed E-state index contributed by atoms with van der Waals surface area (Å²) >= 11 is 0. The zero-order chi connectivity index (χ0) is 14.5. The summed E-state index contributed by atoms with van der Waals surface area (Å²) in [5.74, 6) is -0.696. The minimum absolute atomic E-state index is 0.0369. The van der Waals surface area contributed by atoms with Crippen molar-refractivity contribution in [3.05, 3.63) is 75.3 Å². The van der Waals surface area contributed by atoms with Crippen LogP contribution in [0.2, 0.25) is 0 Å². The van der Waals surface area contributed by atoms with Gasteiger partial charge in [0, 0.05) is 6.07 Å². The minimum Gasteiger partial charge on any atom is -0.457 e. The van der Waals surface area contributed by atoms with Crippen LogP contribution in [0.15, 0.2) is 48.5 Å². The van der Waals surface area contributed by atoms with Crippen LogP contribution in [0.3, 0.4) is 0 Å². The summed E-state index contributed by atoms with van der Waals surface area (Å²) in [4.78, 5) is 22.2. The van der Waals surface area contributed by atoms with Crippen LogP contribution in [-0.2, 0) is 11.3 Å². The molecule has 0 bridgehead atoms. The van der Waals surface area contributed by atoms with E-state index in [1.165, 1.54) is 18.2 Å². The fourth-order valence-corrected chi connectivity index (χ4v) is 1.83. The molecule has 0 spiro atoms. The van der Waals surface area contributed by atoms with Gasteiger partial charge in [0.05, 0.1) is 4.92 Å². The van der Waals surface area contributed by atoms with E-state index >= 15 is 0 Å². The lowest BCUT2D eigenvalue weighted by Crippen LogP contribution is -2.08. The molecule has 0 radical (unpaired) electrons. The fraction of sp³-hybridized carbons (Fsp3) is 0.133. The first-order valence-corrected chi connectivity index (χ1v) is 6.04. The summed E-state index contributed by atoms with van der Waals surface area (Å²) in [6.45, 7) is 2.03. The monoisotopic (exact) mass is 271 g/mol. The Morgan fingerprint density at radius 2 is 1.95 bits per heavy atom. The maximum Gasteiger partial charge on any atom is 0.345 e. The highest BCUT2D eigenvalue weighted by atomic mass is 16.6. The Morgan fingerprint density at radius 3 is 2.65 bits per heavy atom. The standard InChI is InChI=1S/C15H13NO4/c1-11-5-4-6-12(9-11)10-20-15(17)13-7-2-3-8-14(13)16(18)19/h2-9H,10H2,1H3. The first kappa shape index (κ1) is 13.7. The molecule has 0 aliphatic carbocycles. The first-order valence-electron chi connectivity index (χ1n) is 6.04. The number of esters is 1. The van der Waals surface area contributed by atoms with Gasteiger partial charge in [-0.3, -0.25) is 10.1 Å². The lowest BCUT2D eigenvalue weighted by Gasteiger charge is -2.06. The van der Waals surface area contributed by atoms with Gasteiger partial charge in [-0.15, -0.1) is 0 Å². The molecule has 0 saturated heterocycles. The molecule has 2 aromatic rings. The lowest BCUT2D eigenvalue weighted by atomic mass is 10.1. The molecule has 0 saturated carbocycles. The highest BCUT2D eigenvalue weighted by molar-refractivity contribution is 5.93. The van der Waals surface area contributed by atoms with Gasteiger partial charge in [-0.1, -0.05) is 42.0 Å². The van der Waals surface area contributed by atoms with Crippen LogP contribution < -0.4 is 0 Å². The number of carbonyl (C=O) groups is 1. The SMILES string of the molecule is Cc1cccc(COC(=O)c2ccccc2[N+](=O)[O-])c1. The van der Waals surface area contributed by atoms with Crippen molar-refractivity contribution in [2.75, 3.05) is 0 Å². The molecular weight excluding hydrogens is 258 g/mol. The van der Waals surface area contributed by atoms with E-state index in [1.54, 1.807) is 6.07 Å². The van der Waals surface area contributed by atoms with Gasteiger partial charge in [-0.25, -0.2) is 4.79 Å². The number of rotatable bonds is 4. The van der Waals surface area contributed by atoms with Crippen LogP contribution in [-0.4, -0.2) is 10.9 Å². The number of nitro benzene ring substituents is 1. The molecule has 2 rings (SSSR count). The summed E-state index contributed by atoms with van der Waals surface area (Å²) < 4.78 is 5.12. The zero-order valence-electron chi connectivity index (χ0n) is 10.9. The van der Waals surface area contributed by atoms with Gasteiger partial charge in [0.25, 0.3) is 5.69 Å². The summed E-state index contributed by atoms with van der Waals surface area (Å²) in [5.41, 5.74) is 1.62. The van der Waals surface area contributed by atoms with Crippen molar-refractivity contribution in [3.63, 3.8) is 0 Å². The Labute approximate surface area is 116 Å². The van der Waals surface area contributed by atoms with Gasteiger partial charge in [0.1, 0.15) is 12.2 Å². The number of hydrogen-bond acceptors (Lipinski definition) is 4. The third kappa shape index (κ3) is 3.20. The van der Waals surface area contributed by atoms with Crippen molar-refractivity contribution in [3.8, 4) is 0 Å². The third-order valence-electron chi connectivity index (χ3n) is 2.77. The number of hydrogen-bond donors (Lipinski definition) is 0. The normalized spacial score (nSPS) is 10.1. The number of benzene rings is 2. The van der Waals surface area contributed by atoms with Crippen molar-refractivity contribution in [2.45, 2.75) is 13.5 Å². The van der Waals surface area contributed by atoms with Gasteiger partial charge in [0.2, 0.25) is 0 Å². The number of ether oxygens (including phenoxy) is 1. The molecule has 2 aromatic carbocycles. The van der Waals surface area contributed by atoms with E-state index in [-0.39, 0.29) is 17.9 Å². The predicted octanol–water partition coefficient (Wildman–Crippen LogP) is 3.26. The Morgan fingerprint density at radius 1 is 1.20 bits per heavy atom. The Bertz CT molecular complexity index is 652. The van der Waals surface area contributed by atoms with E-state index in [0.29, 0.717) is 0 Å². The molecule has 5 heteroatoms. The van der Waals surface area contributed by atoms with E-state index in [2.05, 4.69) is 0 Å². The van der Waals surface area contributed by atoms with Crippen LogP contribution in [0.1, 0.15) is 21.5 Å². The molecule has 0 heterocycles. The minimum atomic E-state index is -0.696. The average Bonchev–Trinajstić information content (AvgIpc) is 2.45. The molecule has 102 valence electrons. The molecule has 20 heavy (non-hydrogen) atoms. The molecule has 0 aliphatic heterocycles. The number of nitro groups is 1. The quantitative estimate of drug-likeness (QED) is 0.486. The van der Waals surface area contributed by atoms with E-state index in [9.17, 15) is 14.9 Å². The van der Waals surface area contributed by atoms with Crippen molar-refractivity contribution < 1.29 is 14.5 Å². The van der Waals surface area contributed by atoms with Crippen molar-refractivity contribution in [1.29, 1.82) is 0 Å². The number of nitrogens with zero attached hydrogens (tertiary/aromatic N) is 1. The second-order valence-corrected chi connectivity index (χ2v) is 4.34. The molecule has 0 aliphatic rings. The maximum atomic E-state index is 11.9. The smallest absolute Gasteiger partial charge is 0.345 e. The highest BCUT2D eigenvalue weighted by Crippen LogP contribution is 2.19. The predicted molar refractivity (Wildman–Crippen MR) is 73.4 cm³/mol. The Kier molecular flexibility index (Phi) is 4.10. The Balaban J connectivity index is 2.11. The molecule has 0 unspecified atom stereocenters. The highest BCUT2D eigenvalue weighted by Gasteiger charge is 2.20. The second-order valence-electron chi connectivity index (χ2n) is 4.34. The van der Waals surface area contributed by atoms with Gasteiger partial charge < -0.3 is 4.74 Å². The molecule has 0 fully saturated rings. The molecular formula is C15H13NO4. The van der Waals surface area contributed by atoms with E-state index in [4.69, 9.17) is 4.74 Å². The second kappa shape index (κ2) is 5.97. The molecule has 0 atom stereocenters. The number of para-hydroxylation sites is 1. The summed E-state index contributed by atoms with van der Waals surface area (Å²) in [6, 6.07) is 13.3. The van der Waals surface area contributed by atoms with E-state index < -0.39 is 10.9 Å². The molecule has 0 aromatic heterocycles. The number of aryl methyl sites for hydroxylation is 1. The molecule has 0 N–H and O–H groups in total. The van der Waals surface area contributed by atoms with Gasteiger partial charge in [-0.05, 0) is 18.6 Å². The van der Waals surface area contributed by atoms with Gasteiger partial charge in [-0.2, -0.15) is 0 Å². The van der Waals surface area contributed by atoms with Gasteiger partial charge >= 0.3 is 5.97 Å². The fourth-order valence-electron chi connectivity index (χ4n) is 1.83. The third-order valence-corrected chi connectivity index (χ3v) is 2.77. The largest absolute Gasteiger partial charge is 0.457 e. The summed E-state index contributed by atoms with van der Waals surface area (Å²) in [6.07, 6.45) is 0. The maximum absolute atomic E-state index is 11.9. The van der Waals surface area contributed by atoms with Crippen LogP contribution in [0.5, 0.6) is 0 Å². The summed E-state index contributed by atoms with van der Waals surface area (Å²) in [7, 11) is 0. The topological polar surface area (TPSA) is 69.4 Å². The van der Waals surface area contributed by atoms with Crippen LogP contribution in [0.25, 0.3) is 0 Å². The Hall–Kier alpha value is -2.69. The summed E-state index contributed by atoms with van der Waals surface area (Å²) in [5, 5.41) is 10.8. The van der Waals surface area contributed by atoms with Crippen LogP contribution in [0, 0.1) is 17.0 Å². The van der Waals surface area contributed by atoms with Crippen LogP contribution >= 0.6 is 0 Å². The van der Waals surface area contributed by atoms with E-state index in [1.807, 2.05) is 31.2 Å².